The van der Waals surface area contributed by atoms with Gasteiger partial charge in [-0.25, -0.2) is 0 Å². The van der Waals surface area contributed by atoms with E-state index in [9.17, 15) is 0 Å². The molecule has 0 spiro atoms. The van der Waals surface area contributed by atoms with E-state index in [-0.39, 0.29) is 0 Å². The van der Waals surface area contributed by atoms with Crippen molar-refractivity contribution in [2.45, 2.75) is 13.0 Å². The predicted octanol–water partition coefficient (Wildman–Crippen LogP) is 0.579. The third-order valence-corrected chi connectivity index (χ3v) is 4.52. The molecular formula is C14H18N6. The van der Waals surface area contributed by atoms with Gasteiger partial charge in [-0.05, 0) is 30.9 Å². The van der Waals surface area contributed by atoms with Gasteiger partial charge in [0.2, 0.25) is 0 Å². The average Bonchev–Trinajstić information content (AvgIpc) is 2.84. The third kappa shape index (κ3) is 1.71. The van der Waals surface area contributed by atoms with Crippen LogP contribution in [-0.4, -0.2) is 39.1 Å². The largest absolute Gasteiger partial charge is 0.354 e. The van der Waals surface area contributed by atoms with Gasteiger partial charge in [-0.2, -0.15) is 5.10 Å². The van der Waals surface area contributed by atoms with Crippen molar-refractivity contribution in [2.75, 3.05) is 18.0 Å². The molecule has 104 valence electrons. The molecule has 4 rings (SSSR count). The van der Waals surface area contributed by atoms with Crippen LogP contribution in [0.2, 0.25) is 0 Å². The van der Waals surface area contributed by atoms with Crippen LogP contribution in [0.4, 0.5) is 5.82 Å². The molecule has 0 bridgehead atoms. The maximum atomic E-state index is 5.96. The molecule has 0 radical (unpaired) electrons. The lowest BCUT2D eigenvalue weighted by molar-refractivity contribution is 0.729. The fourth-order valence-electron chi connectivity index (χ4n) is 3.25. The molecule has 1 saturated carbocycles. The third-order valence-electron chi connectivity index (χ3n) is 4.52. The highest BCUT2D eigenvalue weighted by atomic mass is 15.3. The second-order valence-electron chi connectivity index (χ2n) is 5.89. The molecule has 0 amide bonds. The van der Waals surface area contributed by atoms with E-state index in [4.69, 9.17) is 5.73 Å². The van der Waals surface area contributed by atoms with Gasteiger partial charge in [0.05, 0.1) is 11.4 Å². The minimum atomic E-state index is 0.413. The van der Waals surface area contributed by atoms with Gasteiger partial charge in [-0.3, -0.25) is 4.68 Å². The summed E-state index contributed by atoms with van der Waals surface area (Å²) in [6.07, 6.45) is 1.98. The predicted molar refractivity (Wildman–Crippen MR) is 76.1 cm³/mol. The Morgan fingerprint density at radius 1 is 1.20 bits per heavy atom. The number of anilines is 1. The summed E-state index contributed by atoms with van der Waals surface area (Å²) >= 11 is 0. The number of aryl methyl sites for hydroxylation is 2. The van der Waals surface area contributed by atoms with Crippen LogP contribution in [0.15, 0.2) is 18.3 Å². The summed E-state index contributed by atoms with van der Waals surface area (Å²) in [4.78, 5) is 2.28. The molecule has 2 aromatic rings. The molecule has 1 aliphatic heterocycles. The van der Waals surface area contributed by atoms with Crippen molar-refractivity contribution in [3.8, 4) is 11.3 Å². The average molecular weight is 270 g/mol. The Labute approximate surface area is 117 Å². The van der Waals surface area contributed by atoms with E-state index in [1.807, 2.05) is 32.3 Å². The molecule has 2 unspecified atom stereocenters. The van der Waals surface area contributed by atoms with E-state index in [0.29, 0.717) is 17.9 Å². The summed E-state index contributed by atoms with van der Waals surface area (Å²) in [6, 6.07) is 4.48. The first kappa shape index (κ1) is 11.8. The molecule has 6 heteroatoms. The zero-order chi connectivity index (χ0) is 13.9. The van der Waals surface area contributed by atoms with Gasteiger partial charge in [0.1, 0.15) is 0 Å². The van der Waals surface area contributed by atoms with Gasteiger partial charge in [-0.15, -0.1) is 10.2 Å². The Kier molecular flexibility index (Phi) is 2.38. The molecular weight excluding hydrogens is 252 g/mol. The molecule has 2 fully saturated rings. The number of nitrogens with two attached hydrogens (primary N) is 1. The Bertz CT molecular complexity index is 634. The van der Waals surface area contributed by atoms with Gasteiger partial charge in [0, 0.05) is 37.9 Å². The highest BCUT2D eigenvalue weighted by Gasteiger charge is 2.53. The molecule has 2 N–H and O–H groups in total. The van der Waals surface area contributed by atoms with E-state index in [1.54, 1.807) is 4.68 Å². The van der Waals surface area contributed by atoms with Crippen molar-refractivity contribution in [2.24, 2.45) is 24.6 Å². The summed E-state index contributed by atoms with van der Waals surface area (Å²) in [5.41, 5.74) is 8.85. The van der Waals surface area contributed by atoms with E-state index in [1.165, 1.54) is 0 Å². The van der Waals surface area contributed by atoms with E-state index in [0.717, 1.165) is 35.9 Å². The summed E-state index contributed by atoms with van der Waals surface area (Å²) in [6.45, 7) is 4.03. The van der Waals surface area contributed by atoms with Gasteiger partial charge in [0.15, 0.2) is 5.82 Å². The van der Waals surface area contributed by atoms with Crippen LogP contribution in [0.25, 0.3) is 11.3 Å². The quantitative estimate of drug-likeness (QED) is 0.864. The SMILES string of the molecule is Cc1nn(C)cc1-c1ccc(N2CC3C(N)C3C2)nn1. The highest BCUT2D eigenvalue weighted by Crippen LogP contribution is 2.44. The molecule has 1 aliphatic carbocycles. The molecule has 20 heavy (non-hydrogen) atoms. The van der Waals surface area contributed by atoms with Gasteiger partial charge in [0.25, 0.3) is 0 Å². The number of aromatic nitrogens is 4. The van der Waals surface area contributed by atoms with Crippen LogP contribution in [0.5, 0.6) is 0 Å². The smallest absolute Gasteiger partial charge is 0.151 e. The Morgan fingerprint density at radius 3 is 2.50 bits per heavy atom. The molecule has 2 atom stereocenters. The van der Waals surface area contributed by atoms with Crippen LogP contribution in [0.1, 0.15) is 5.69 Å². The van der Waals surface area contributed by atoms with Gasteiger partial charge >= 0.3 is 0 Å². The van der Waals surface area contributed by atoms with Crippen LogP contribution in [-0.2, 0) is 7.05 Å². The topological polar surface area (TPSA) is 72.9 Å². The van der Waals surface area contributed by atoms with E-state index < -0.39 is 0 Å². The molecule has 3 heterocycles. The van der Waals surface area contributed by atoms with Crippen LogP contribution in [0, 0.1) is 18.8 Å². The maximum Gasteiger partial charge on any atom is 0.151 e. The fraction of sp³-hybridized carbons (Fsp3) is 0.500. The van der Waals surface area contributed by atoms with E-state index in [2.05, 4.69) is 20.2 Å². The first-order valence-electron chi connectivity index (χ1n) is 6.98. The number of rotatable bonds is 2. The maximum absolute atomic E-state index is 5.96. The van der Waals surface area contributed by atoms with E-state index >= 15 is 0 Å². The summed E-state index contributed by atoms with van der Waals surface area (Å²) < 4.78 is 1.80. The lowest BCUT2D eigenvalue weighted by atomic mass is 10.2. The lowest BCUT2D eigenvalue weighted by Crippen LogP contribution is -2.28. The van der Waals surface area contributed by atoms with Crippen molar-refractivity contribution >= 4 is 5.82 Å². The summed E-state index contributed by atoms with van der Waals surface area (Å²) in [5, 5.41) is 13.1. The molecule has 0 aromatic carbocycles. The highest BCUT2D eigenvalue weighted by molar-refractivity contribution is 5.61. The monoisotopic (exact) mass is 270 g/mol. The Hall–Kier alpha value is -1.95. The standard InChI is InChI=1S/C14H18N6/c1-8-9(5-19(2)18-8)12-3-4-13(17-16-12)20-6-10-11(7-20)14(10)15/h3-5,10-11,14H,6-7,15H2,1-2H3. The van der Waals surface area contributed by atoms with Crippen LogP contribution >= 0.6 is 0 Å². The fourth-order valence-corrected chi connectivity index (χ4v) is 3.25. The lowest BCUT2D eigenvalue weighted by Gasteiger charge is -2.19. The van der Waals surface area contributed by atoms with Crippen LogP contribution in [0.3, 0.4) is 0 Å². The minimum Gasteiger partial charge on any atom is -0.354 e. The van der Waals surface area contributed by atoms with Crippen molar-refractivity contribution in [3.63, 3.8) is 0 Å². The first-order chi connectivity index (χ1) is 9.63. The number of nitrogens with zero attached hydrogens (tertiary/aromatic N) is 5. The van der Waals surface area contributed by atoms with Gasteiger partial charge < -0.3 is 10.6 Å². The number of hydrogen-bond acceptors (Lipinski definition) is 5. The van der Waals surface area contributed by atoms with Crippen molar-refractivity contribution < 1.29 is 0 Å². The molecule has 1 saturated heterocycles. The van der Waals surface area contributed by atoms with Gasteiger partial charge in [-0.1, -0.05) is 0 Å². The second-order valence-corrected chi connectivity index (χ2v) is 5.89. The zero-order valence-electron chi connectivity index (χ0n) is 11.7. The normalized spacial score (nSPS) is 27.8. The minimum absolute atomic E-state index is 0.413. The Morgan fingerprint density at radius 2 is 1.95 bits per heavy atom. The summed E-state index contributed by atoms with van der Waals surface area (Å²) in [5.74, 6) is 2.28. The Balaban J connectivity index is 1.56. The zero-order valence-corrected chi connectivity index (χ0v) is 11.7. The number of piperidine rings is 1. The van der Waals surface area contributed by atoms with Crippen molar-refractivity contribution in [3.05, 3.63) is 24.0 Å². The van der Waals surface area contributed by atoms with Crippen molar-refractivity contribution in [1.29, 1.82) is 0 Å². The first-order valence-corrected chi connectivity index (χ1v) is 6.98. The second kappa shape index (κ2) is 4.02. The number of hydrogen-bond donors (Lipinski definition) is 1. The number of fused-ring (bicyclic) bond motifs is 1. The van der Waals surface area contributed by atoms with Crippen LogP contribution < -0.4 is 10.6 Å². The van der Waals surface area contributed by atoms with Crippen molar-refractivity contribution in [1.82, 2.24) is 20.0 Å². The molecule has 6 nitrogen and oxygen atoms in total. The summed E-state index contributed by atoms with van der Waals surface area (Å²) in [7, 11) is 1.91. The molecule has 2 aromatic heterocycles. The molecule has 2 aliphatic rings.